The second-order valence-corrected chi connectivity index (χ2v) is 7.52. The molecule has 2 rings (SSSR count). The molecule has 0 bridgehead atoms. The van der Waals surface area contributed by atoms with Crippen LogP contribution in [0.15, 0.2) is 11.3 Å². The van der Waals surface area contributed by atoms with Crippen LogP contribution in [0.4, 0.5) is 0 Å². The number of allylic oxidation sites excluding steroid dienone is 1. The van der Waals surface area contributed by atoms with Crippen molar-refractivity contribution in [3.63, 3.8) is 0 Å². The van der Waals surface area contributed by atoms with E-state index in [0.29, 0.717) is 12.0 Å². The predicted molar refractivity (Wildman–Crippen MR) is 95.3 cm³/mol. The second kappa shape index (κ2) is 8.77. The fraction of sp³-hybridized carbons (Fsp3) is 0.833. The third-order valence-electron chi connectivity index (χ3n) is 4.71. The summed E-state index contributed by atoms with van der Waals surface area (Å²) in [6.45, 7) is 4.62. The fourth-order valence-electron chi connectivity index (χ4n) is 3.61. The summed E-state index contributed by atoms with van der Waals surface area (Å²) in [6.07, 6.45) is 14.7. The Labute approximate surface area is 136 Å². The molecule has 0 aromatic rings. The maximum Gasteiger partial charge on any atom is 0.171 e. The van der Waals surface area contributed by atoms with Crippen LogP contribution in [0.1, 0.15) is 84.5 Å². The van der Waals surface area contributed by atoms with Crippen molar-refractivity contribution in [2.45, 2.75) is 90.5 Å². The monoisotopic (exact) mass is 308 g/mol. The van der Waals surface area contributed by atoms with Crippen LogP contribution in [0.5, 0.6) is 0 Å². The van der Waals surface area contributed by atoms with Gasteiger partial charge < -0.3 is 10.6 Å². The highest BCUT2D eigenvalue weighted by molar-refractivity contribution is 7.80. The highest BCUT2D eigenvalue weighted by Crippen LogP contribution is 2.27. The van der Waals surface area contributed by atoms with Crippen LogP contribution >= 0.6 is 12.2 Å². The van der Waals surface area contributed by atoms with Crippen molar-refractivity contribution in [3.05, 3.63) is 11.3 Å². The molecule has 1 atom stereocenters. The second-order valence-electron chi connectivity index (χ2n) is 7.11. The van der Waals surface area contributed by atoms with Gasteiger partial charge in [0, 0.05) is 5.70 Å². The average molecular weight is 309 g/mol. The molecule has 0 saturated carbocycles. The van der Waals surface area contributed by atoms with Gasteiger partial charge in [0.2, 0.25) is 0 Å². The molecule has 21 heavy (non-hydrogen) atoms. The predicted octanol–water partition coefficient (Wildman–Crippen LogP) is 5.05. The topological polar surface area (TPSA) is 24.1 Å². The molecule has 1 aliphatic heterocycles. The van der Waals surface area contributed by atoms with E-state index in [1.165, 1.54) is 76.3 Å². The van der Waals surface area contributed by atoms with Crippen molar-refractivity contribution in [2.24, 2.45) is 5.92 Å². The molecule has 0 aromatic carbocycles. The van der Waals surface area contributed by atoms with Gasteiger partial charge in [-0.15, -0.1) is 0 Å². The van der Waals surface area contributed by atoms with E-state index in [1.807, 2.05) is 0 Å². The Bertz CT molecular complexity index is 373. The van der Waals surface area contributed by atoms with Crippen LogP contribution in [0.3, 0.4) is 0 Å². The van der Waals surface area contributed by atoms with Crippen LogP contribution in [-0.4, -0.2) is 11.2 Å². The molecular formula is C18H32N2S. The highest BCUT2D eigenvalue weighted by Gasteiger charge is 2.25. The Kier molecular flexibility index (Phi) is 7.01. The summed E-state index contributed by atoms with van der Waals surface area (Å²) < 4.78 is 0. The number of thiocarbonyl (C=S) groups is 1. The molecule has 1 heterocycles. The first-order chi connectivity index (χ1) is 10.2. The number of hydrogen-bond donors (Lipinski definition) is 2. The minimum atomic E-state index is 0.469. The Hall–Kier alpha value is -0.570. The highest BCUT2D eigenvalue weighted by atomic mass is 32.1. The summed E-state index contributed by atoms with van der Waals surface area (Å²) in [7, 11) is 0. The van der Waals surface area contributed by atoms with Crippen molar-refractivity contribution in [1.29, 1.82) is 0 Å². The van der Waals surface area contributed by atoms with E-state index in [4.69, 9.17) is 12.2 Å². The first kappa shape index (κ1) is 16.8. The quantitative estimate of drug-likeness (QED) is 0.698. The van der Waals surface area contributed by atoms with Crippen LogP contribution in [0, 0.1) is 5.92 Å². The molecule has 0 radical (unpaired) electrons. The van der Waals surface area contributed by atoms with Crippen LogP contribution < -0.4 is 10.6 Å². The molecule has 0 fully saturated rings. The Morgan fingerprint density at radius 1 is 0.952 bits per heavy atom. The summed E-state index contributed by atoms with van der Waals surface area (Å²) in [6, 6.07) is 0.469. The van der Waals surface area contributed by atoms with Crippen molar-refractivity contribution >= 4 is 17.3 Å². The molecule has 3 heteroatoms. The van der Waals surface area contributed by atoms with Crippen molar-refractivity contribution < 1.29 is 0 Å². The van der Waals surface area contributed by atoms with Crippen molar-refractivity contribution in [3.8, 4) is 0 Å². The van der Waals surface area contributed by atoms with Gasteiger partial charge in [-0.05, 0) is 55.8 Å². The van der Waals surface area contributed by atoms with Gasteiger partial charge in [-0.3, -0.25) is 0 Å². The Balaban J connectivity index is 2.11. The van der Waals surface area contributed by atoms with E-state index in [0.717, 1.165) is 5.11 Å². The third kappa shape index (κ3) is 5.61. The lowest BCUT2D eigenvalue weighted by atomic mass is 9.88. The minimum Gasteiger partial charge on any atom is -0.356 e. The SMILES string of the molecule is CC(C)CC1NC(=S)NC2=C1CCCCCCCCCC2. The molecule has 0 aromatic heterocycles. The number of nitrogens with one attached hydrogen (secondary N) is 2. The average Bonchev–Trinajstić information content (AvgIpc) is 2.40. The molecule has 2 nitrogen and oxygen atoms in total. The van der Waals surface area contributed by atoms with Crippen molar-refractivity contribution in [1.82, 2.24) is 10.6 Å². The lowest BCUT2D eigenvalue weighted by molar-refractivity contribution is 0.466. The Morgan fingerprint density at radius 2 is 1.52 bits per heavy atom. The maximum atomic E-state index is 5.43. The van der Waals surface area contributed by atoms with Gasteiger partial charge in [0.1, 0.15) is 0 Å². The largest absolute Gasteiger partial charge is 0.356 e. The summed E-state index contributed by atoms with van der Waals surface area (Å²) in [5.74, 6) is 0.707. The van der Waals surface area contributed by atoms with E-state index in [1.54, 1.807) is 5.57 Å². The van der Waals surface area contributed by atoms with E-state index in [-0.39, 0.29) is 0 Å². The third-order valence-corrected chi connectivity index (χ3v) is 4.93. The molecular weight excluding hydrogens is 276 g/mol. The van der Waals surface area contributed by atoms with Gasteiger partial charge in [-0.1, -0.05) is 52.4 Å². The molecule has 0 amide bonds. The van der Waals surface area contributed by atoms with Crippen molar-refractivity contribution in [2.75, 3.05) is 0 Å². The summed E-state index contributed by atoms with van der Waals surface area (Å²) in [4.78, 5) is 0. The van der Waals surface area contributed by atoms with E-state index >= 15 is 0 Å². The van der Waals surface area contributed by atoms with E-state index in [9.17, 15) is 0 Å². The van der Waals surface area contributed by atoms with E-state index < -0.39 is 0 Å². The first-order valence-electron chi connectivity index (χ1n) is 8.96. The smallest absolute Gasteiger partial charge is 0.171 e. The summed E-state index contributed by atoms with van der Waals surface area (Å²) in [5.41, 5.74) is 3.07. The van der Waals surface area contributed by atoms with Gasteiger partial charge in [0.25, 0.3) is 0 Å². The lowest BCUT2D eigenvalue weighted by Crippen LogP contribution is -2.48. The van der Waals surface area contributed by atoms with Gasteiger partial charge in [0.05, 0.1) is 6.04 Å². The first-order valence-corrected chi connectivity index (χ1v) is 9.37. The summed E-state index contributed by atoms with van der Waals surface area (Å²) >= 11 is 5.43. The maximum absolute atomic E-state index is 5.43. The van der Waals surface area contributed by atoms with Crippen LogP contribution in [0.25, 0.3) is 0 Å². The zero-order valence-corrected chi connectivity index (χ0v) is 14.7. The molecule has 1 unspecified atom stereocenters. The van der Waals surface area contributed by atoms with Crippen LogP contribution in [0.2, 0.25) is 0 Å². The van der Waals surface area contributed by atoms with E-state index in [2.05, 4.69) is 24.5 Å². The number of rotatable bonds is 2. The standard InChI is InChI=1S/C18H32N2S/c1-14(2)13-17-15-11-9-7-5-3-4-6-8-10-12-16(15)19-18(21)20-17/h14,17H,3-13H2,1-2H3,(H2,19,20,21). The Morgan fingerprint density at radius 3 is 2.14 bits per heavy atom. The normalized spacial score (nSPS) is 25.5. The molecule has 2 aliphatic rings. The van der Waals surface area contributed by atoms with Gasteiger partial charge >= 0.3 is 0 Å². The minimum absolute atomic E-state index is 0.469. The molecule has 2 N–H and O–H groups in total. The zero-order valence-electron chi connectivity index (χ0n) is 13.8. The fourth-order valence-corrected chi connectivity index (χ4v) is 3.87. The summed E-state index contributed by atoms with van der Waals surface area (Å²) in [5, 5.41) is 7.83. The molecule has 120 valence electrons. The lowest BCUT2D eigenvalue weighted by Gasteiger charge is -2.33. The van der Waals surface area contributed by atoms with Gasteiger partial charge in [0.15, 0.2) is 5.11 Å². The zero-order chi connectivity index (χ0) is 15.1. The van der Waals surface area contributed by atoms with Crippen LogP contribution in [-0.2, 0) is 0 Å². The molecule has 0 spiro atoms. The van der Waals surface area contributed by atoms with Gasteiger partial charge in [-0.25, -0.2) is 0 Å². The van der Waals surface area contributed by atoms with Gasteiger partial charge in [-0.2, -0.15) is 0 Å². The molecule has 1 aliphatic carbocycles. The molecule has 0 saturated heterocycles. The number of hydrogen-bond acceptors (Lipinski definition) is 1.